The van der Waals surface area contributed by atoms with Crippen molar-refractivity contribution in [1.82, 2.24) is 10.5 Å². The highest BCUT2D eigenvalue weighted by molar-refractivity contribution is 5.75. The van der Waals surface area contributed by atoms with Crippen molar-refractivity contribution < 1.29 is 14.1 Å². The minimum absolute atomic E-state index is 0.223. The lowest BCUT2D eigenvalue weighted by Gasteiger charge is -2.14. The molecule has 0 amide bonds. The first-order chi connectivity index (χ1) is 8.17. The summed E-state index contributed by atoms with van der Waals surface area (Å²) in [6, 6.07) is 1.58. The third kappa shape index (κ3) is 4.56. The van der Waals surface area contributed by atoms with Crippen molar-refractivity contribution in [2.75, 3.05) is 7.11 Å². The van der Waals surface area contributed by atoms with Gasteiger partial charge in [0.25, 0.3) is 0 Å². The van der Waals surface area contributed by atoms with E-state index in [1.54, 1.807) is 0 Å². The Morgan fingerprint density at radius 2 is 2.41 bits per heavy atom. The van der Waals surface area contributed by atoms with Gasteiger partial charge in [-0.1, -0.05) is 24.9 Å². The van der Waals surface area contributed by atoms with Crippen LogP contribution in [-0.4, -0.2) is 24.3 Å². The molecule has 1 aromatic rings. The second-order valence-electron chi connectivity index (χ2n) is 4.03. The van der Waals surface area contributed by atoms with Crippen LogP contribution in [0.25, 0.3) is 0 Å². The summed E-state index contributed by atoms with van der Waals surface area (Å²) in [5.74, 6) is 0.545. The largest absolute Gasteiger partial charge is 0.468 e. The van der Waals surface area contributed by atoms with Gasteiger partial charge in [-0.05, 0) is 13.3 Å². The molecule has 1 aromatic heterocycles. The van der Waals surface area contributed by atoms with Crippen LogP contribution in [0.4, 0.5) is 0 Å². The molecule has 17 heavy (non-hydrogen) atoms. The number of carbonyl (C=O) groups excluding carboxylic acids is 1. The van der Waals surface area contributed by atoms with Crippen molar-refractivity contribution in [3.63, 3.8) is 0 Å². The normalized spacial score (nSPS) is 12.4. The molecule has 0 aliphatic heterocycles. The number of rotatable bonds is 7. The molecule has 0 aliphatic carbocycles. The number of ether oxygens (including phenoxy) is 1. The van der Waals surface area contributed by atoms with Gasteiger partial charge >= 0.3 is 5.97 Å². The van der Waals surface area contributed by atoms with Gasteiger partial charge in [-0.15, -0.1) is 0 Å². The molecule has 96 valence electrons. The summed E-state index contributed by atoms with van der Waals surface area (Å²) < 4.78 is 9.72. The standard InChI is InChI=1S/C12H20N2O3/c1-4-5-6-11(12(15)16-3)13-8-10-7-9(2)17-14-10/h7,11,13H,4-6,8H2,1-3H3. The molecular formula is C12H20N2O3. The SMILES string of the molecule is CCCCC(NCc1cc(C)on1)C(=O)OC. The molecule has 0 aromatic carbocycles. The maximum absolute atomic E-state index is 11.5. The van der Waals surface area contributed by atoms with Crippen LogP contribution in [0.3, 0.4) is 0 Å². The zero-order valence-corrected chi connectivity index (χ0v) is 10.7. The molecule has 1 N–H and O–H groups in total. The average molecular weight is 240 g/mol. The number of methoxy groups -OCH3 is 1. The van der Waals surface area contributed by atoms with Crippen LogP contribution in [0.15, 0.2) is 10.6 Å². The zero-order valence-electron chi connectivity index (χ0n) is 10.7. The van der Waals surface area contributed by atoms with Gasteiger partial charge in [0, 0.05) is 12.6 Å². The van der Waals surface area contributed by atoms with Crippen molar-refractivity contribution in [2.24, 2.45) is 0 Å². The number of nitrogens with zero attached hydrogens (tertiary/aromatic N) is 1. The molecule has 1 unspecified atom stereocenters. The lowest BCUT2D eigenvalue weighted by Crippen LogP contribution is -2.37. The first kappa shape index (κ1) is 13.7. The predicted octanol–water partition coefficient (Wildman–Crippen LogP) is 1.80. The van der Waals surface area contributed by atoms with E-state index in [9.17, 15) is 4.79 Å². The van der Waals surface area contributed by atoms with Crippen LogP contribution in [0.5, 0.6) is 0 Å². The summed E-state index contributed by atoms with van der Waals surface area (Å²) in [6.07, 6.45) is 2.82. The number of aromatic nitrogens is 1. The molecule has 5 nitrogen and oxygen atoms in total. The van der Waals surface area contributed by atoms with Crippen molar-refractivity contribution >= 4 is 5.97 Å². The van der Waals surface area contributed by atoms with E-state index >= 15 is 0 Å². The summed E-state index contributed by atoms with van der Waals surface area (Å²) in [4.78, 5) is 11.5. The quantitative estimate of drug-likeness (QED) is 0.736. The molecule has 1 rings (SSSR count). The first-order valence-corrected chi connectivity index (χ1v) is 5.90. The number of unbranched alkanes of at least 4 members (excludes halogenated alkanes) is 1. The number of aryl methyl sites for hydroxylation is 1. The van der Waals surface area contributed by atoms with Crippen molar-refractivity contribution in [2.45, 2.75) is 45.7 Å². The molecule has 5 heteroatoms. The molecule has 0 fully saturated rings. The van der Waals surface area contributed by atoms with Crippen LogP contribution >= 0.6 is 0 Å². The Labute approximate surface area is 102 Å². The van der Waals surface area contributed by atoms with E-state index in [0.717, 1.165) is 30.7 Å². The average Bonchev–Trinajstić information content (AvgIpc) is 2.74. The van der Waals surface area contributed by atoms with Crippen molar-refractivity contribution in [3.8, 4) is 0 Å². The van der Waals surface area contributed by atoms with Gasteiger partial charge in [-0.25, -0.2) is 0 Å². The second-order valence-corrected chi connectivity index (χ2v) is 4.03. The Morgan fingerprint density at radius 3 is 2.94 bits per heavy atom. The van der Waals surface area contributed by atoms with E-state index in [2.05, 4.69) is 17.4 Å². The van der Waals surface area contributed by atoms with Gasteiger partial charge < -0.3 is 9.26 Å². The summed E-state index contributed by atoms with van der Waals surface area (Å²) in [7, 11) is 1.41. The summed E-state index contributed by atoms with van der Waals surface area (Å²) >= 11 is 0. The minimum Gasteiger partial charge on any atom is -0.468 e. The highest BCUT2D eigenvalue weighted by Gasteiger charge is 2.18. The number of hydrogen-bond acceptors (Lipinski definition) is 5. The highest BCUT2D eigenvalue weighted by Crippen LogP contribution is 2.05. The monoisotopic (exact) mass is 240 g/mol. The maximum atomic E-state index is 11.5. The fraction of sp³-hybridized carbons (Fsp3) is 0.667. The molecule has 0 radical (unpaired) electrons. The van der Waals surface area contributed by atoms with E-state index in [-0.39, 0.29) is 12.0 Å². The van der Waals surface area contributed by atoms with Gasteiger partial charge in [0.15, 0.2) is 0 Å². The van der Waals surface area contributed by atoms with Gasteiger partial charge in [0.1, 0.15) is 11.8 Å². The Hall–Kier alpha value is -1.36. The molecule has 0 spiro atoms. The Morgan fingerprint density at radius 1 is 1.65 bits per heavy atom. The fourth-order valence-corrected chi connectivity index (χ4v) is 1.58. The Kier molecular flexibility index (Phi) is 5.69. The van der Waals surface area contributed by atoms with Crippen LogP contribution in [0.1, 0.15) is 37.6 Å². The highest BCUT2D eigenvalue weighted by atomic mass is 16.5. The summed E-state index contributed by atoms with van der Waals surface area (Å²) in [5, 5.41) is 7.00. The molecule has 0 bridgehead atoms. The smallest absolute Gasteiger partial charge is 0.322 e. The lowest BCUT2D eigenvalue weighted by atomic mass is 10.1. The molecule has 0 saturated carbocycles. The number of hydrogen-bond donors (Lipinski definition) is 1. The topological polar surface area (TPSA) is 64.4 Å². The number of esters is 1. The fourth-order valence-electron chi connectivity index (χ4n) is 1.58. The first-order valence-electron chi connectivity index (χ1n) is 5.90. The Bertz CT molecular complexity index is 349. The number of nitrogens with one attached hydrogen (secondary N) is 1. The van der Waals surface area contributed by atoms with Crippen molar-refractivity contribution in [3.05, 3.63) is 17.5 Å². The predicted molar refractivity (Wildman–Crippen MR) is 63.4 cm³/mol. The molecule has 1 heterocycles. The van der Waals surface area contributed by atoms with E-state index in [1.807, 2.05) is 13.0 Å². The second kappa shape index (κ2) is 7.06. The molecule has 0 saturated heterocycles. The maximum Gasteiger partial charge on any atom is 0.322 e. The van der Waals surface area contributed by atoms with Crippen LogP contribution in [0.2, 0.25) is 0 Å². The van der Waals surface area contributed by atoms with Crippen LogP contribution in [-0.2, 0) is 16.1 Å². The van der Waals surface area contributed by atoms with Gasteiger partial charge in [0.2, 0.25) is 0 Å². The zero-order chi connectivity index (χ0) is 12.7. The summed E-state index contributed by atoms with van der Waals surface area (Å²) in [5.41, 5.74) is 0.799. The summed E-state index contributed by atoms with van der Waals surface area (Å²) in [6.45, 7) is 4.45. The molecule has 1 atom stereocenters. The minimum atomic E-state index is -0.267. The Balaban J connectivity index is 2.45. The van der Waals surface area contributed by atoms with E-state index < -0.39 is 0 Å². The van der Waals surface area contributed by atoms with Crippen LogP contribution in [0, 0.1) is 6.92 Å². The van der Waals surface area contributed by atoms with E-state index in [4.69, 9.17) is 9.26 Å². The van der Waals surface area contributed by atoms with Crippen molar-refractivity contribution in [1.29, 1.82) is 0 Å². The van der Waals surface area contributed by atoms with E-state index in [0.29, 0.717) is 6.54 Å². The van der Waals surface area contributed by atoms with Gasteiger partial charge in [-0.3, -0.25) is 10.1 Å². The van der Waals surface area contributed by atoms with Crippen LogP contribution < -0.4 is 5.32 Å². The lowest BCUT2D eigenvalue weighted by molar-refractivity contribution is -0.143. The van der Waals surface area contributed by atoms with Gasteiger partial charge in [-0.2, -0.15) is 0 Å². The van der Waals surface area contributed by atoms with E-state index in [1.165, 1.54) is 7.11 Å². The number of carbonyl (C=O) groups is 1. The molecular weight excluding hydrogens is 220 g/mol. The third-order valence-corrected chi connectivity index (χ3v) is 2.54. The molecule has 0 aliphatic rings. The third-order valence-electron chi connectivity index (χ3n) is 2.54. The van der Waals surface area contributed by atoms with Gasteiger partial charge in [0.05, 0.1) is 12.8 Å².